The molecule has 0 aliphatic heterocycles. The summed E-state index contributed by atoms with van der Waals surface area (Å²) in [6.07, 6.45) is 20.8. The second kappa shape index (κ2) is 25.3. The van der Waals surface area contributed by atoms with E-state index in [4.69, 9.17) is 23.7 Å². The van der Waals surface area contributed by atoms with Crippen LogP contribution in [0.1, 0.15) is 180 Å². The summed E-state index contributed by atoms with van der Waals surface area (Å²) in [5.41, 5.74) is 3.77. The molecule has 2 amide bonds. The molecule has 4 fully saturated rings. The summed E-state index contributed by atoms with van der Waals surface area (Å²) in [4.78, 5) is 40.1. The van der Waals surface area contributed by atoms with Crippen molar-refractivity contribution in [1.29, 1.82) is 0 Å². The molecule has 0 spiro atoms. The highest BCUT2D eigenvalue weighted by atomic mass is 16.6. The van der Waals surface area contributed by atoms with Gasteiger partial charge in [0.2, 0.25) is 5.91 Å². The Balaban J connectivity index is 0.907. The highest BCUT2D eigenvalue weighted by molar-refractivity contribution is 5.81. The van der Waals surface area contributed by atoms with Gasteiger partial charge in [0.25, 0.3) is 0 Å². The van der Waals surface area contributed by atoms with Crippen LogP contribution >= 0.6 is 0 Å². The number of carbonyl (C=O) groups excluding carboxylic acids is 3. The zero-order valence-corrected chi connectivity index (χ0v) is 46.1. The zero-order valence-electron chi connectivity index (χ0n) is 46.1. The largest absolute Gasteiger partial charge is 0.497 e. The third kappa shape index (κ3) is 12.9. The van der Waals surface area contributed by atoms with Crippen LogP contribution in [0.5, 0.6) is 11.5 Å². The van der Waals surface area contributed by atoms with Gasteiger partial charge >= 0.3 is 12.1 Å². The first-order valence-corrected chi connectivity index (χ1v) is 28.9. The van der Waals surface area contributed by atoms with Crippen molar-refractivity contribution in [2.75, 3.05) is 27.4 Å². The molecule has 9 atom stereocenters. The van der Waals surface area contributed by atoms with Crippen LogP contribution in [0.2, 0.25) is 0 Å². The van der Waals surface area contributed by atoms with Crippen LogP contribution in [-0.2, 0) is 29.4 Å². The summed E-state index contributed by atoms with van der Waals surface area (Å²) >= 11 is 0. The van der Waals surface area contributed by atoms with E-state index < -0.39 is 23.8 Å². The predicted octanol–water partition coefficient (Wildman–Crippen LogP) is 14.1. The number of amides is 2. The summed E-state index contributed by atoms with van der Waals surface area (Å²) in [7, 11) is 3.30. The smallest absolute Gasteiger partial charge is 0.407 e. The number of hydrogen-bond acceptors (Lipinski definition) is 8. The summed E-state index contributed by atoms with van der Waals surface area (Å²) in [5.74, 6) is 5.56. The lowest BCUT2D eigenvalue weighted by atomic mass is 9.47. The van der Waals surface area contributed by atoms with Crippen molar-refractivity contribution in [1.82, 2.24) is 10.6 Å². The van der Waals surface area contributed by atoms with Crippen molar-refractivity contribution < 1.29 is 38.1 Å². The summed E-state index contributed by atoms with van der Waals surface area (Å²) in [6.45, 7) is 12.9. The maximum absolute atomic E-state index is 13.6. The first kappa shape index (κ1) is 55.4. The molecule has 0 radical (unpaired) electrons. The Morgan fingerprint density at radius 3 is 2.05 bits per heavy atom. The minimum atomic E-state index is -1.05. The molecule has 0 heterocycles. The number of hydrogen-bond donors (Lipinski definition) is 2. The molecule has 2 N–H and O–H groups in total. The van der Waals surface area contributed by atoms with Gasteiger partial charge in [0.15, 0.2) is 0 Å². The molecular formula is C64H90N2O8. The molecule has 10 heteroatoms. The van der Waals surface area contributed by atoms with E-state index in [0.29, 0.717) is 24.2 Å². The predicted molar refractivity (Wildman–Crippen MR) is 293 cm³/mol. The van der Waals surface area contributed by atoms with Crippen LogP contribution in [0.4, 0.5) is 4.79 Å². The summed E-state index contributed by atoms with van der Waals surface area (Å²) in [5, 5.41) is 6.15. The number of ether oxygens (including phenoxy) is 5. The van der Waals surface area contributed by atoms with Gasteiger partial charge in [-0.3, -0.25) is 9.59 Å². The topological polar surface area (TPSA) is 121 Å². The lowest BCUT2D eigenvalue weighted by Crippen LogP contribution is -2.51. The third-order valence-corrected chi connectivity index (χ3v) is 19.0. The fourth-order valence-corrected chi connectivity index (χ4v) is 15.0. The fourth-order valence-electron chi connectivity index (χ4n) is 15.0. The monoisotopic (exact) mass is 1010 g/mol. The van der Waals surface area contributed by atoms with Crippen LogP contribution in [0.3, 0.4) is 0 Å². The van der Waals surface area contributed by atoms with Crippen molar-refractivity contribution in [3.63, 3.8) is 0 Å². The van der Waals surface area contributed by atoms with Crippen LogP contribution in [-0.4, -0.2) is 63.6 Å². The number of esters is 1. The molecule has 8 rings (SSSR count). The van der Waals surface area contributed by atoms with Gasteiger partial charge in [-0.1, -0.05) is 139 Å². The van der Waals surface area contributed by atoms with Crippen LogP contribution < -0.4 is 20.1 Å². The first-order valence-electron chi connectivity index (χ1n) is 28.9. The number of rotatable bonds is 23. The number of benzene rings is 3. The summed E-state index contributed by atoms with van der Waals surface area (Å²) in [6, 6.07) is 26.0. The molecule has 5 unspecified atom stereocenters. The molecule has 0 bridgehead atoms. The minimum absolute atomic E-state index is 0.0344. The second-order valence-corrected chi connectivity index (χ2v) is 23.9. The quantitative estimate of drug-likeness (QED) is 0.0547. The fraction of sp³-hybridized carbons (Fsp3) is 0.641. The Morgan fingerprint density at radius 1 is 0.716 bits per heavy atom. The molecule has 3 aromatic rings. The van der Waals surface area contributed by atoms with Crippen molar-refractivity contribution in [3.05, 3.63) is 107 Å². The number of carbonyl (C=O) groups is 3. The molecular weight excluding hydrogens is 925 g/mol. The Bertz CT molecular complexity index is 2260. The standard InChI is InChI=1S/C64H90N2O8/c1-44(2)15-14-16-45(3)56-31-32-57-55-30-25-49-43-54(35-39-62(49,4)58(55)36-40-63(56,57)5)74-61(69)65-41-37-53(73-60(68)34-33-59(67)66-50-19-12-9-13-20-50)38-42-72-64(46-17-10-8-11-18-46,47-21-26-51(70-6)27-22-47)48-23-28-52(71-7)29-24-48/h8,10-11,17-18,21-29,44-45,50,53-58H,9,12-16,19-20,30-43H2,1-7H3,(H,65,69)(H,66,67)/t45-,53?,54-,55?,56?,57?,58?,62-,63+/m0/s1. The third-order valence-electron chi connectivity index (χ3n) is 19.0. The number of nitrogens with one attached hydrogen (secondary N) is 2. The lowest BCUT2D eigenvalue weighted by Gasteiger charge is -2.58. The Hall–Kier alpha value is -4.83. The zero-order chi connectivity index (χ0) is 52.3. The Labute approximate surface area is 444 Å². The molecule has 5 aliphatic carbocycles. The molecule has 0 aromatic heterocycles. The number of allylic oxidation sites excluding steroid dienone is 1. The molecule has 4 saturated carbocycles. The Morgan fingerprint density at radius 2 is 1.39 bits per heavy atom. The van der Waals surface area contributed by atoms with E-state index in [-0.39, 0.29) is 49.5 Å². The minimum Gasteiger partial charge on any atom is -0.497 e. The van der Waals surface area contributed by atoms with Crippen LogP contribution in [0.15, 0.2) is 90.5 Å². The Kier molecular flexibility index (Phi) is 19.0. The van der Waals surface area contributed by atoms with Crippen LogP contribution in [0, 0.1) is 46.3 Å². The number of alkyl carbamates (subject to hydrolysis) is 1. The lowest BCUT2D eigenvalue weighted by molar-refractivity contribution is -0.151. The first-order chi connectivity index (χ1) is 35.7. The van der Waals surface area contributed by atoms with Gasteiger partial charge in [-0.25, -0.2) is 4.79 Å². The molecule has 5 aliphatic rings. The van der Waals surface area contributed by atoms with E-state index >= 15 is 0 Å². The van der Waals surface area contributed by atoms with Gasteiger partial charge < -0.3 is 34.3 Å². The molecule has 3 aromatic carbocycles. The molecule has 0 saturated heterocycles. The SMILES string of the molecule is COc1ccc(C(OCCC(CCNC(=O)O[C@H]2CC[C@@]3(C)C(=CCC4C5CCC([C@@H](C)CCCC(C)C)[C@@]5(C)CCC43)C2)OC(=O)CCC(=O)NC2CCCCC2)(c2ccccc2)c2ccc(OC)cc2)cc1. The molecule has 404 valence electrons. The van der Waals surface area contributed by atoms with Gasteiger partial charge in [0.05, 0.1) is 27.2 Å². The van der Waals surface area contributed by atoms with Gasteiger partial charge in [0.1, 0.15) is 29.3 Å². The van der Waals surface area contributed by atoms with Crippen molar-refractivity contribution >= 4 is 18.0 Å². The van der Waals surface area contributed by atoms with E-state index in [1.807, 2.05) is 66.7 Å². The number of fused-ring (bicyclic) bond motifs is 5. The maximum atomic E-state index is 13.6. The maximum Gasteiger partial charge on any atom is 0.407 e. The summed E-state index contributed by atoms with van der Waals surface area (Å²) < 4.78 is 30.6. The molecule has 74 heavy (non-hydrogen) atoms. The average molecular weight is 1020 g/mol. The van der Waals surface area contributed by atoms with Gasteiger partial charge in [0, 0.05) is 38.3 Å². The molecule has 10 nitrogen and oxygen atoms in total. The highest BCUT2D eigenvalue weighted by Crippen LogP contribution is 2.67. The van der Waals surface area contributed by atoms with Gasteiger partial charge in [-0.15, -0.1) is 0 Å². The second-order valence-electron chi connectivity index (χ2n) is 23.9. The average Bonchev–Trinajstić information content (AvgIpc) is 3.78. The van der Waals surface area contributed by atoms with Gasteiger partial charge in [-0.2, -0.15) is 0 Å². The van der Waals surface area contributed by atoms with E-state index in [9.17, 15) is 14.4 Å². The van der Waals surface area contributed by atoms with Gasteiger partial charge in [-0.05, 0) is 145 Å². The van der Waals surface area contributed by atoms with E-state index in [1.54, 1.807) is 14.2 Å². The van der Waals surface area contributed by atoms with E-state index in [0.717, 1.165) is 109 Å². The van der Waals surface area contributed by atoms with Crippen molar-refractivity contribution in [2.45, 2.75) is 187 Å². The highest BCUT2D eigenvalue weighted by Gasteiger charge is 2.59. The van der Waals surface area contributed by atoms with E-state index in [1.165, 1.54) is 56.9 Å². The normalized spacial score (nSPS) is 26.6. The van der Waals surface area contributed by atoms with Crippen LogP contribution in [0.25, 0.3) is 0 Å². The number of methoxy groups -OCH3 is 2. The van der Waals surface area contributed by atoms with Crippen molar-refractivity contribution in [3.8, 4) is 11.5 Å². The van der Waals surface area contributed by atoms with E-state index in [2.05, 4.69) is 63.5 Å². The van der Waals surface area contributed by atoms with Crippen molar-refractivity contribution in [2.24, 2.45) is 46.3 Å².